The van der Waals surface area contributed by atoms with Gasteiger partial charge in [0, 0.05) is 24.6 Å². The molecule has 0 spiro atoms. The zero-order chi connectivity index (χ0) is 20.6. The zero-order valence-electron chi connectivity index (χ0n) is 17.0. The molecule has 2 aromatic heterocycles. The number of carbonyl (C=O) groups is 2. The van der Waals surface area contributed by atoms with Crippen molar-refractivity contribution >= 4 is 23.4 Å². The number of aromatic nitrogens is 3. The molecule has 0 fully saturated rings. The van der Waals surface area contributed by atoms with Crippen LogP contribution in [0.5, 0.6) is 0 Å². The minimum atomic E-state index is -0.308. The lowest BCUT2D eigenvalue weighted by atomic mass is 10.1. The average Bonchev–Trinajstić information content (AvgIpc) is 3.25. The smallest absolute Gasteiger partial charge is 0.311 e. The van der Waals surface area contributed by atoms with Crippen LogP contribution in [0.1, 0.15) is 52.1 Å². The van der Waals surface area contributed by atoms with Gasteiger partial charge < -0.3 is 14.8 Å². The molecule has 158 valence electrons. The monoisotopic (exact) mass is 420 g/mol. The Bertz CT molecular complexity index is 846. The Hall–Kier alpha value is -2.26. The van der Waals surface area contributed by atoms with E-state index in [2.05, 4.69) is 14.8 Å². The molecule has 1 N–H and O–H groups in total. The summed E-state index contributed by atoms with van der Waals surface area (Å²) in [4.78, 5) is 25.9. The molecule has 0 saturated heterocycles. The molecule has 1 aliphatic rings. The molecule has 0 atom stereocenters. The predicted octanol–water partition coefficient (Wildman–Crippen LogP) is 2.08. The zero-order valence-corrected chi connectivity index (χ0v) is 17.8. The number of ether oxygens (including phenoxy) is 2. The second-order valence-electron chi connectivity index (χ2n) is 7.00. The normalized spacial score (nSPS) is 15.3. The van der Waals surface area contributed by atoms with Gasteiger partial charge in [-0.2, -0.15) is 9.47 Å². The molecule has 3 heterocycles. The van der Waals surface area contributed by atoms with Crippen LogP contribution < -0.4 is 5.32 Å². The van der Waals surface area contributed by atoms with Crippen LogP contribution in [-0.2, 0) is 40.1 Å². The van der Waals surface area contributed by atoms with Crippen molar-refractivity contribution in [2.45, 2.75) is 52.5 Å². The number of amides is 1. The van der Waals surface area contributed by atoms with Crippen molar-refractivity contribution in [1.29, 1.82) is 0 Å². The Balaban J connectivity index is 1.66. The maximum Gasteiger partial charge on any atom is 0.311 e. The molecular formula is C20H28N4O4S. The number of aryl methyl sites for hydroxylation is 2. The highest BCUT2D eigenvalue weighted by Crippen LogP contribution is 2.18. The summed E-state index contributed by atoms with van der Waals surface area (Å²) in [6, 6.07) is 1.89. The van der Waals surface area contributed by atoms with E-state index in [0.29, 0.717) is 44.7 Å². The molecule has 0 radical (unpaired) electrons. The fraction of sp³-hybridized carbons (Fsp3) is 0.600. The van der Waals surface area contributed by atoms with Gasteiger partial charge in [-0.3, -0.25) is 14.3 Å². The van der Waals surface area contributed by atoms with E-state index in [1.807, 2.05) is 24.6 Å². The van der Waals surface area contributed by atoms with Gasteiger partial charge in [-0.25, -0.2) is 0 Å². The molecule has 29 heavy (non-hydrogen) atoms. The summed E-state index contributed by atoms with van der Waals surface area (Å²) in [5.74, 6) is -0.391. The molecule has 1 aliphatic heterocycles. The van der Waals surface area contributed by atoms with E-state index in [4.69, 9.17) is 9.47 Å². The minimum absolute atomic E-state index is 0.0825. The molecule has 1 amide bonds. The topological polar surface area (TPSA) is 95.3 Å². The summed E-state index contributed by atoms with van der Waals surface area (Å²) in [6.07, 6.45) is 3.15. The van der Waals surface area contributed by atoms with Crippen LogP contribution >= 0.6 is 11.5 Å². The Morgan fingerprint density at radius 3 is 2.97 bits per heavy atom. The second kappa shape index (κ2) is 10.5. The van der Waals surface area contributed by atoms with Crippen molar-refractivity contribution in [3.63, 3.8) is 0 Å². The first-order chi connectivity index (χ1) is 14.1. The lowest BCUT2D eigenvalue weighted by Gasteiger charge is -2.10. The molecule has 0 saturated carbocycles. The molecule has 0 bridgehead atoms. The van der Waals surface area contributed by atoms with Gasteiger partial charge >= 0.3 is 5.97 Å². The van der Waals surface area contributed by atoms with Gasteiger partial charge in [0.2, 0.25) is 0 Å². The Morgan fingerprint density at radius 2 is 2.21 bits per heavy atom. The minimum Gasteiger partial charge on any atom is -0.463 e. The third-order valence-corrected chi connectivity index (χ3v) is 5.45. The van der Waals surface area contributed by atoms with Crippen molar-refractivity contribution in [3.8, 4) is 0 Å². The molecule has 0 aromatic carbocycles. The van der Waals surface area contributed by atoms with Gasteiger partial charge in [-0.15, -0.1) is 0 Å². The van der Waals surface area contributed by atoms with Crippen LogP contribution in [0.3, 0.4) is 0 Å². The second-order valence-corrected chi connectivity index (χ2v) is 8.01. The van der Waals surface area contributed by atoms with E-state index in [0.717, 1.165) is 34.8 Å². The van der Waals surface area contributed by atoms with Crippen molar-refractivity contribution in [2.75, 3.05) is 26.4 Å². The van der Waals surface area contributed by atoms with Gasteiger partial charge in [0.15, 0.2) is 0 Å². The third kappa shape index (κ3) is 5.86. The van der Waals surface area contributed by atoms with E-state index < -0.39 is 0 Å². The van der Waals surface area contributed by atoms with Crippen LogP contribution in [-0.4, -0.2) is 52.4 Å². The largest absolute Gasteiger partial charge is 0.463 e. The van der Waals surface area contributed by atoms with Crippen LogP contribution in [0, 0.1) is 6.92 Å². The lowest BCUT2D eigenvalue weighted by Crippen LogP contribution is -2.26. The van der Waals surface area contributed by atoms with E-state index >= 15 is 0 Å². The van der Waals surface area contributed by atoms with E-state index in [9.17, 15) is 9.59 Å². The van der Waals surface area contributed by atoms with Crippen molar-refractivity contribution in [3.05, 3.63) is 33.6 Å². The molecule has 2 aromatic rings. The highest BCUT2D eigenvalue weighted by molar-refractivity contribution is 7.05. The first-order valence-electron chi connectivity index (χ1n) is 10.1. The van der Waals surface area contributed by atoms with Gasteiger partial charge in [-0.05, 0) is 50.2 Å². The Kier molecular flexibility index (Phi) is 7.76. The van der Waals surface area contributed by atoms with Crippen LogP contribution in [0.4, 0.5) is 0 Å². The summed E-state index contributed by atoms with van der Waals surface area (Å²) in [5, 5.41) is 7.59. The quantitative estimate of drug-likeness (QED) is 0.719. The van der Waals surface area contributed by atoms with Crippen LogP contribution in [0.25, 0.3) is 0 Å². The molecule has 3 rings (SSSR count). The molecule has 8 nitrogen and oxygen atoms in total. The fourth-order valence-electron chi connectivity index (χ4n) is 3.35. The van der Waals surface area contributed by atoms with Crippen LogP contribution in [0.15, 0.2) is 6.07 Å². The van der Waals surface area contributed by atoms with E-state index in [1.54, 1.807) is 0 Å². The summed E-state index contributed by atoms with van der Waals surface area (Å²) < 4.78 is 17.0. The highest BCUT2D eigenvalue weighted by Gasteiger charge is 2.23. The van der Waals surface area contributed by atoms with E-state index in [-0.39, 0.29) is 24.9 Å². The molecule has 0 aliphatic carbocycles. The molecular weight excluding hydrogens is 392 g/mol. The lowest BCUT2D eigenvalue weighted by molar-refractivity contribution is -0.143. The standard InChI is InChI=1S/C20H28N4O4S/c1-3-16-19-17(6-4-9-27-10-5-7-21-20(19)26)24(22-16)8-11-28-18(25)13-15-12-14(2)29-23-15/h12H,3-11,13H2,1-2H3,(H,21,26). The summed E-state index contributed by atoms with van der Waals surface area (Å²) in [5.41, 5.74) is 3.06. The summed E-state index contributed by atoms with van der Waals surface area (Å²) >= 11 is 1.38. The van der Waals surface area contributed by atoms with Gasteiger partial charge in [0.05, 0.1) is 35.6 Å². The van der Waals surface area contributed by atoms with Crippen LogP contribution in [0.2, 0.25) is 0 Å². The number of fused-ring (bicyclic) bond motifs is 1. The number of nitrogens with zero attached hydrogens (tertiary/aromatic N) is 3. The fourth-order valence-corrected chi connectivity index (χ4v) is 3.92. The molecule has 9 heteroatoms. The number of rotatable bonds is 6. The number of hydrogen-bond acceptors (Lipinski definition) is 7. The number of carbonyl (C=O) groups excluding carboxylic acids is 2. The number of nitrogens with one attached hydrogen (secondary N) is 1. The van der Waals surface area contributed by atoms with Gasteiger partial charge in [-0.1, -0.05) is 6.92 Å². The average molecular weight is 421 g/mol. The first-order valence-corrected chi connectivity index (χ1v) is 10.9. The maximum atomic E-state index is 12.7. The van der Waals surface area contributed by atoms with Gasteiger partial charge in [0.25, 0.3) is 5.91 Å². The molecule has 0 unspecified atom stereocenters. The van der Waals surface area contributed by atoms with Gasteiger partial charge in [0.1, 0.15) is 6.61 Å². The summed E-state index contributed by atoms with van der Waals surface area (Å²) in [7, 11) is 0. The number of hydrogen-bond donors (Lipinski definition) is 1. The number of esters is 1. The van der Waals surface area contributed by atoms with Crippen molar-refractivity contribution in [1.82, 2.24) is 19.5 Å². The third-order valence-electron chi connectivity index (χ3n) is 4.71. The first kappa shape index (κ1) is 21.4. The SMILES string of the molecule is CCc1nn(CCOC(=O)Cc2cc(C)sn2)c2c1C(=O)NCCCOCCC2. The highest BCUT2D eigenvalue weighted by atomic mass is 32.1. The van der Waals surface area contributed by atoms with Crippen molar-refractivity contribution < 1.29 is 19.1 Å². The Labute approximate surface area is 174 Å². The predicted molar refractivity (Wildman–Crippen MR) is 109 cm³/mol. The van der Waals surface area contributed by atoms with E-state index in [1.165, 1.54) is 11.5 Å². The summed E-state index contributed by atoms with van der Waals surface area (Å²) in [6.45, 7) is 6.46. The van der Waals surface area contributed by atoms with Crippen molar-refractivity contribution in [2.24, 2.45) is 0 Å². The maximum absolute atomic E-state index is 12.7. The Morgan fingerprint density at radius 1 is 1.38 bits per heavy atom.